The Hall–Kier alpha value is -1.82. The number of hydrogen-bond donors (Lipinski definition) is 1. The zero-order valence-electron chi connectivity index (χ0n) is 14.7. The second-order valence-corrected chi connectivity index (χ2v) is 7.33. The molecular formula is C19H22Cl2N4O. The van der Waals surface area contributed by atoms with Gasteiger partial charge in [-0.3, -0.25) is 4.79 Å². The third-order valence-corrected chi connectivity index (χ3v) is 5.21. The maximum Gasteiger partial charge on any atom is 0.224 e. The highest BCUT2D eigenvalue weighted by Crippen LogP contribution is 2.22. The van der Waals surface area contributed by atoms with Crippen LogP contribution in [0.2, 0.25) is 10.0 Å². The molecule has 26 heavy (non-hydrogen) atoms. The first kappa shape index (κ1) is 19.0. The van der Waals surface area contributed by atoms with Crippen LogP contribution in [0.15, 0.2) is 36.5 Å². The van der Waals surface area contributed by atoms with Crippen LogP contribution in [-0.4, -0.2) is 49.0 Å². The van der Waals surface area contributed by atoms with Crippen LogP contribution in [0.3, 0.4) is 0 Å². The lowest BCUT2D eigenvalue weighted by Crippen LogP contribution is -2.44. The molecule has 1 aliphatic heterocycles. The van der Waals surface area contributed by atoms with Crippen molar-refractivity contribution in [3.63, 3.8) is 0 Å². The Bertz CT molecular complexity index is 759. The smallest absolute Gasteiger partial charge is 0.224 e. The summed E-state index contributed by atoms with van der Waals surface area (Å²) < 4.78 is 0. The van der Waals surface area contributed by atoms with Crippen molar-refractivity contribution >= 4 is 34.9 Å². The Morgan fingerprint density at radius 2 is 1.81 bits per heavy atom. The number of carbonyl (C=O) groups is 1. The number of piperazine rings is 1. The number of amides is 1. The topological polar surface area (TPSA) is 48.5 Å². The number of nitrogens with zero attached hydrogens (tertiary/aromatic N) is 3. The molecule has 2 aromatic rings. The summed E-state index contributed by atoms with van der Waals surface area (Å²) in [5.74, 6) is 0.926. The van der Waals surface area contributed by atoms with E-state index in [9.17, 15) is 4.79 Å². The van der Waals surface area contributed by atoms with Gasteiger partial charge in [0.05, 0.1) is 16.5 Å². The summed E-state index contributed by atoms with van der Waals surface area (Å²) in [5, 5.41) is 3.86. The average molecular weight is 393 g/mol. The van der Waals surface area contributed by atoms with Crippen molar-refractivity contribution in [1.82, 2.24) is 15.2 Å². The van der Waals surface area contributed by atoms with E-state index in [1.54, 1.807) is 18.2 Å². The zero-order chi connectivity index (χ0) is 18.5. The van der Waals surface area contributed by atoms with Crippen molar-refractivity contribution < 1.29 is 4.79 Å². The molecule has 1 aromatic carbocycles. The number of halogens is 2. The lowest BCUT2D eigenvalue weighted by atomic mass is 10.1. The molecule has 1 fully saturated rings. The number of pyridine rings is 1. The van der Waals surface area contributed by atoms with Gasteiger partial charge in [0.1, 0.15) is 5.82 Å². The fourth-order valence-corrected chi connectivity index (χ4v) is 3.16. The number of anilines is 1. The summed E-state index contributed by atoms with van der Waals surface area (Å²) in [6.07, 6.45) is 2.09. The molecule has 1 amide bonds. The summed E-state index contributed by atoms with van der Waals surface area (Å²) in [5.41, 5.74) is 1.81. The van der Waals surface area contributed by atoms with Crippen molar-refractivity contribution in [1.29, 1.82) is 0 Å². The van der Waals surface area contributed by atoms with Gasteiger partial charge >= 0.3 is 0 Å². The van der Waals surface area contributed by atoms with Crippen LogP contribution in [0.5, 0.6) is 0 Å². The number of carbonyl (C=O) groups excluding carboxylic acids is 1. The molecule has 0 atom stereocenters. The van der Waals surface area contributed by atoms with Gasteiger partial charge in [0.2, 0.25) is 5.91 Å². The van der Waals surface area contributed by atoms with Gasteiger partial charge in [-0.2, -0.15) is 0 Å². The van der Waals surface area contributed by atoms with Crippen LogP contribution in [0.25, 0.3) is 0 Å². The van der Waals surface area contributed by atoms with Crippen LogP contribution in [0.1, 0.15) is 11.1 Å². The third-order valence-electron chi connectivity index (χ3n) is 4.47. The molecular weight excluding hydrogens is 371 g/mol. The van der Waals surface area contributed by atoms with Crippen LogP contribution < -0.4 is 10.2 Å². The summed E-state index contributed by atoms with van der Waals surface area (Å²) >= 11 is 11.9. The first-order chi connectivity index (χ1) is 12.5. The van der Waals surface area contributed by atoms with E-state index < -0.39 is 0 Å². The molecule has 1 aliphatic rings. The van der Waals surface area contributed by atoms with Gasteiger partial charge in [-0.25, -0.2) is 4.98 Å². The predicted octanol–water partition coefficient (Wildman–Crippen LogP) is 3.00. The number of rotatable bonds is 5. The van der Waals surface area contributed by atoms with Gasteiger partial charge in [-0.05, 0) is 36.4 Å². The number of hydrogen-bond acceptors (Lipinski definition) is 4. The van der Waals surface area contributed by atoms with Crippen LogP contribution >= 0.6 is 23.2 Å². The normalized spacial score (nSPS) is 15.1. The Morgan fingerprint density at radius 1 is 1.08 bits per heavy atom. The van der Waals surface area contributed by atoms with E-state index in [0.29, 0.717) is 16.6 Å². The second-order valence-electron chi connectivity index (χ2n) is 6.52. The fourth-order valence-electron chi connectivity index (χ4n) is 2.84. The van der Waals surface area contributed by atoms with E-state index >= 15 is 0 Å². The Labute approximate surface area is 163 Å². The van der Waals surface area contributed by atoms with Crippen molar-refractivity contribution in [2.24, 2.45) is 0 Å². The SMILES string of the molecule is CN1CCN(c2ccc(CNC(=O)Cc3ccc(Cl)c(Cl)c3)cn2)CC1. The number of likely N-dealkylation sites (N-methyl/N-ethyl adjacent to an activating group) is 1. The summed E-state index contributed by atoms with van der Waals surface area (Å²) in [4.78, 5) is 21.2. The maximum absolute atomic E-state index is 12.1. The quantitative estimate of drug-likeness (QED) is 0.849. The molecule has 5 nitrogen and oxygen atoms in total. The number of nitrogens with one attached hydrogen (secondary N) is 1. The number of benzene rings is 1. The molecule has 0 saturated carbocycles. The van der Waals surface area contributed by atoms with Crippen LogP contribution in [-0.2, 0) is 17.8 Å². The lowest BCUT2D eigenvalue weighted by molar-refractivity contribution is -0.120. The summed E-state index contributed by atoms with van der Waals surface area (Å²) in [7, 11) is 2.13. The van der Waals surface area contributed by atoms with Gasteiger partial charge in [0.15, 0.2) is 0 Å². The molecule has 0 aliphatic carbocycles. The minimum absolute atomic E-state index is 0.0634. The molecule has 7 heteroatoms. The number of aromatic nitrogens is 1. The first-order valence-electron chi connectivity index (χ1n) is 8.60. The van der Waals surface area contributed by atoms with Crippen LogP contribution in [0.4, 0.5) is 5.82 Å². The van der Waals surface area contributed by atoms with Gasteiger partial charge in [0, 0.05) is 38.9 Å². The summed E-state index contributed by atoms with van der Waals surface area (Å²) in [6.45, 7) is 4.53. The predicted molar refractivity (Wildman–Crippen MR) is 106 cm³/mol. The monoisotopic (exact) mass is 392 g/mol. The molecule has 3 rings (SSSR count). The zero-order valence-corrected chi connectivity index (χ0v) is 16.2. The first-order valence-corrected chi connectivity index (χ1v) is 9.36. The molecule has 0 radical (unpaired) electrons. The Morgan fingerprint density at radius 3 is 2.46 bits per heavy atom. The van der Waals surface area contributed by atoms with Gasteiger partial charge in [-0.1, -0.05) is 35.3 Å². The molecule has 1 aromatic heterocycles. The highest BCUT2D eigenvalue weighted by atomic mass is 35.5. The highest BCUT2D eigenvalue weighted by Gasteiger charge is 2.15. The highest BCUT2D eigenvalue weighted by molar-refractivity contribution is 6.42. The molecule has 0 spiro atoms. The average Bonchev–Trinajstić information content (AvgIpc) is 2.64. The van der Waals surface area contributed by atoms with Crippen molar-refractivity contribution in [3.05, 3.63) is 57.7 Å². The third kappa shape index (κ3) is 5.10. The van der Waals surface area contributed by atoms with Gasteiger partial charge in [0.25, 0.3) is 0 Å². The minimum atomic E-state index is -0.0634. The van der Waals surface area contributed by atoms with Crippen molar-refractivity contribution in [3.8, 4) is 0 Å². The van der Waals surface area contributed by atoms with E-state index in [-0.39, 0.29) is 12.3 Å². The van der Waals surface area contributed by atoms with Crippen LogP contribution in [0, 0.1) is 0 Å². The molecule has 1 N–H and O–H groups in total. The van der Waals surface area contributed by atoms with E-state index in [2.05, 4.69) is 27.1 Å². The van der Waals surface area contributed by atoms with E-state index in [0.717, 1.165) is 43.1 Å². The maximum atomic E-state index is 12.1. The van der Waals surface area contributed by atoms with Crippen molar-refractivity contribution in [2.45, 2.75) is 13.0 Å². The Kier molecular flexibility index (Phi) is 6.35. The minimum Gasteiger partial charge on any atom is -0.354 e. The van der Waals surface area contributed by atoms with E-state index in [1.807, 2.05) is 18.3 Å². The molecule has 138 valence electrons. The van der Waals surface area contributed by atoms with Gasteiger partial charge in [-0.15, -0.1) is 0 Å². The summed E-state index contributed by atoms with van der Waals surface area (Å²) in [6, 6.07) is 9.26. The largest absolute Gasteiger partial charge is 0.354 e. The molecule has 1 saturated heterocycles. The van der Waals surface area contributed by atoms with E-state index in [1.165, 1.54) is 0 Å². The molecule has 0 bridgehead atoms. The fraction of sp³-hybridized carbons (Fsp3) is 0.368. The van der Waals surface area contributed by atoms with Crippen molar-refractivity contribution in [2.75, 3.05) is 38.1 Å². The lowest BCUT2D eigenvalue weighted by Gasteiger charge is -2.33. The second kappa shape index (κ2) is 8.71. The van der Waals surface area contributed by atoms with E-state index in [4.69, 9.17) is 23.2 Å². The molecule has 2 heterocycles. The Balaban J connectivity index is 1.49. The standard InChI is InChI=1S/C19H22Cl2N4O/c1-24-6-8-25(9-7-24)18-5-3-15(12-22-18)13-23-19(26)11-14-2-4-16(20)17(21)10-14/h2-5,10,12H,6-9,11,13H2,1H3,(H,23,26). The molecule has 0 unspecified atom stereocenters. The van der Waals surface area contributed by atoms with Gasteiger partial charge < -0.3 is 15.1 Å².